The van der Waals surface area contributed by atoms with Crippen molar-refractivity contribution in [3.05, 3.63) is 12.7 Å². The lowest BCUT2D eigenvalue weighted by Crippen LogP contribution is -2.40. The lowest BCUT2D eigenvalue weighted by molar-refractivity contribution is -0.127. The minimum absolute atomic E-state index is 0.0886. The van der Waals surface area contributed by atoms with Crippen LogP contribution in [0.2, 0.25) is 0 Å². The Bertz CT molecular complexity index is 252. The molecule has 0 bridgehead atoms. The number of rotatable bonds is 6. The van der Waals surface area contributed by atoms with Crippen molar-refractivity contribution in [1.82, 2.24) is 4.90 Å². The predicted octanol–water partition coefficient (Wildman–Crippen LogP) is 1.95. The number of hydrogen-bond acceptors (Lipinski definition) is 4. The van der Waals surface area contributed by atoms with E-state index in [4.69, 9.17) is 5.21 Å². The summed E-state index contributed by atoms with van der Waals surface area (Å²) in [7, 11) is 1.57. The number of nitrogens with zero attached hydrogens (tertiary/aromatic N) is 2. The van der Waals surface area contributed by atoms with Crippen LogP contribution in [0.5, 0.6) is 0 Å². The van der Waals surface area contributed by atoms with E-state index < -0.39 is 4.75 Å². The van der Waals surface area contributed by atoms with Gasteiger partial charge in [-0.3, -0.25) is 4.79 Å². The Balaban J connectivity index is 4.30. The van der Waals surface area contributed by atoms with Crippen molar-refractivity contribution in [3.63, 3.8) is 0 Å². The van der Waals surface area contributed by atoms with Gasteiger partial charge in [0, 0.05) is 7.05 Å². The second kappa shape index (κ2) is 6.50. The Morgan fingerprint density at radius 3 is 2.73 bits per heavy atom. The van der Waals surface area contributed by atoms with Crippen LogP contribution in [0.15, 0.2) is 17.8 Å². The van der Waals surface area contributed by atoms with Gasteiger partial charge in [0.1, 0.15) is 6.34 Å². The first-order valence-electron chi connectivity index (χ1n) is 4.65. The number of thioether (sulfide) groups is 1. The Morgan fingerprint density at radius 1 is 1.67 bits per heavy atom. The van der Waals surface area contributed by atoms with Crippen LogP contribution < -0.4 is 0 Å². The average molecular weight is 230 g/mol. The molecule has 0 saturated carbocycles. The van der Waals surface area contributed by atoms with Crippen molar-refractivity contribution in [1.29, 1.82) is 0 Å². The standard InChI is InChI=1S/C10H18N2O2S/c1-5-6-7-15-10(2,3)9(13)12(4)8-11-14/h5,8,14H,1,6-7H2,2-4H3. The zero-order valence-electron chi connectivity index (χ0n) is 9.43. The molecule has 0 aromatic heterocycles. The minimum Gasteiger partial charge on any atom is -0.410 e. The van der Waals surface area contributed by atoms with E-state index in [-0.39, 0.29) is 5.91 Å². The second-order valence-electron chi connectivity index (χ2n) is 3.58. The van der Waals surface area contributed by atoms with E-state index in [1.54, 1.807) is 18.8 Å². The molecule has 0 spiro atoms. The van der Waals surface area contributed by atoms with Gasteiger partial charge in [-0.15, -0.1) is 18.3 Å². The van der Waals surface area contributed by atoms with E-state index in [0.29, 0.717) is 0 Å². The van der Waals surface area contributed by atoms with Crippen molar-refractivity contribution in [2.45, 2.75) is 25.0 Å². The lowest BCUT2D eigenvalue weighted by atomic mass is 10.2. The summed E-state index contributed by atoms with van der Waals surface area (Å²) >= 11 is 1.56. The van der Waals surface area contributed by atoms with Crippen molar-refractivity contribution in [3.8, 4) is 0 Å². The van der Waals surface area contributed by atoms with Gasteiger partial charge in [0.15, 0.2) is 0 Å². The molecule has 0 saturated heterocycles. The van der Waals surface area contributed by atoms with Crippen LogP contribution in [0.1, 0.15) is 20.3 Å². The molecular weight excluding hydrogens is 212 g/mol. The van der Waals surface area contributed by atoms with Gasteiger partial charge in [-0.25, -0.2) is 0 Å². The van der Waals surface area contributed by atoms with Crippen LogP contribution in [0.25, 0.3) is 0 Å². The largest absolute Gasteiger partial charge is 0.410 e. The molecule has 5 heteroatoms. The zero-order chi connectivity index (χ0) is 11.9. The third-order valence-electron chi connectivity index (χ3n) is 1.85. The van der Waals surface area contributed by atoms with E-state index in [2.05, 4.69) is 11.7 Å². The Hall–Kier alpha value is -0.970. The van der Waals surface area contributed by atoms with Gasteiger partial charge in [0.2, 0.25) is 5.91 Å². The first kappa shape index (κ1) is 14.0. The number of allylic oxidation sites excluding steroid dienone is 1. The molecule has 0 rings (SSSR count). The van der Waals surface area contributed by atoms with Crippen LogP contribution in [0.4, 0.5) is 0 Å². The Morgan fingerprint density at radius 2 is 2.27 bits per heavy atom. The highest BCUT2D eigenvalue weighted by Gasteiger charge is 2.30. The monoisotopic (exact) mass is 230 g/mol. The van der Waals surface area contributed by atoms with Gasteiger partial charge in [0.25, 0.3) is 0 Å². The highest BCUT2D eigenvalue weighted by Crippen LogP contribution is 2.26. The molecule has 1 amide bonds. The van der Waals surface area contributed by atoms with Gasteiger partial charge < -0.3 is 10.1 Å². The molecule has 1 N–H and O–H groups in total. The molecule has 0 aromatic carbocycles. The number of carbonyl (C=O) groups is 1. The molecule has 0 fully saturated rings. The zero-order valence-corrected chi connectivity index (χ0v) is 10.3. The normalized spacial score (nSPS) is 11.7. The van der Waals surface area contributed by atoms with Crippen LogP contribution in [-0.2, 0) is 4.79 Å². The van der Waals surface area contributed by atoms with Crippen molar-refractivity contribution >= 4 is 24.0 Å². The topological polar surface area (TPSA) is 52.9 Å². The summed E-state index contributed by atoms with van der Waals surface area (Å²) in [6.07, 6.45) is 3.80. The number of amides is 1. The molecular formula is C10H18N2O2S. The Labute approximate surface area is 95.0 Å². The summed E-state index contributed by atoms with van der Waals surface area (Å²) in [5.74, 6) is 0.765. The first-order chi connectivity index (χ1) is 6.95. The van der Waals surface area contributed by atoms with Gasteiger partial charge in [-0.05, 0) is 26.0 Å². The fraction of sp³-hybridized carbons (Fsp3) is 0.600. The van der Waals surface area contributed by atoms with E-state index in [9.17, 15) is 4.79 Å². The smallest absolute Gasteiger partial charge is 0.243 e. The average Bonchev–Trinajstić information content (AvgIpc) is 2.17. The summed E-state index contributed by atoms with van der Waals surface area (Å²) < 4.78 is -0.515. The molecule has 4 nitrogen and oxygen atoms in total. The van der Waals surface area contributed by atoms with Gasteiger partial charge in [0.05, 0.1) is 4.75 Å². The fourth-order valence-electron chi connectivity index (χ4n) is 1.01. The molecule has 0 aromatic rings. The summed E-state index contributed by atoms with van der Waals surface area (Å²) in [5, 5.41) is 11.1. The minimum atomic E-state index is -0.515. The Kier molecular flexibility index (Phi) is 6.08. The maximum atomic E-state index is 11.8. The molecule has 0 aliphatic heterocycles. The summed E-state index contributed by atoms with van der Waals surface area (Å²) in [5.41, 5.74) is 0. The molecule has 86 valence electrons. The van der Waals surface area contributed by atoms with Crippen molar-refractivity contribution in [2.75, 3.05) is 12.8 Å². The van der Waals surface area contributed by atoms with Gasteiger partial charge in [-0.1, -0.05) is 11.2 Å². The van der Waals surface area contributed by atoms with Crippen LogP contribution in [0, 0.1) is 0 Å². The van der Waals surface area contributed by atoms with Crippen LogP contribution in [-0.4, -0.2) is 39.9 Å². The van der Waals surface area contributed by atoms with E-state index in [0.717, 1.165) is 18.5 Å². The van der Waals surface area contributed by atoms with E-state index in [1.165, 1.54) is 4.90 Å². The van der Waals surface area contributed by atoms with Crippen LogP contribution in [0.3, 0.4) is 0 Å². The van der Waals surface area contributed by atoms with Crippen LogP contribution >= 0.6 is 11.8 Å². The maximum absolute atomic E-state index is 11.8. The van der Waals surface area contributed by atoms with Gasteiger partial charge >= 0.3 is 0 Å². The summed E-state index contributed by atoms with van der Waals surface area (Å²) in [6, 6.07) is 0. The summed E-state index contributed by atoms with van der Waals surface area (Å²) in [6.45, 7) is 7.33. The third-order valence-corrected chi connectivity index (χ3v) is 3.18. The predicted molar refractivity (Wildman–Crippen MR) is 64.4 cm³/mol. The first-order valence-corrected chi connectivity index (χ1v) is 5.64. The third kappa shape index (κ3) is 4.88. The second-order valence-corrected chi connectivity index (χ2v) is 5.30. The lowest BCUT2D eigenvalue weighted by Gasteiger charge is -2.25. The molecule has 0 aliphatic carbocycles. The molecule has 0 unspecified atom stereocenters. The maximum Gasteiger partial charge on any atom is 0.243 e. The molecule has 0 radical (unpaired) electrons. The number of oxime groups is 1. The fourth-order valence-corrected chi connectivity index (χ4v) is 2.08. The van der Waals surface area contributed by atoms with Crippen molar-refractivity contribution < 1.29 is 10.0 Å². The molecule has 15 heavy (non-hydrogen) atoms. The molecule has 0 atom stereocenters. The van der Waals surface area contributed by atoms with E-state index >= 15 is 0 Å². The highest BCUT2D eigenvalue weighted by atomic mass is 32.2. The SMILES string of the molecule is C=CCCSC(C)(C)C(=O)N(C)C=NO. The highest BCUT2D eigenvalue weighted by molar-refractivity contribution is 8.01. The van der Waals surface area contributed by atoms with Crippen molar-refractivity contribution in [2.24, 2.45) is 5.16 Å². The van der Waals surface area contributed by atoms with Gasteiger partial charge in [-0.2, -0.15) is 0 Å². The molecule has 0 heterocycles. The summed E-state index contributed by atoms with van der Waals surface area (Å²) in [4.78, 5) is 13.1. The number of carbonyl (C=O) groups excluding carboxylic acids is 1. The molecule has 0 aliphatic rings. The van der Waals surface area contributed by atoms with E-state index in [1.807, 2.05) is 19.9 Å². The number of hydrogen-bond donors (Lipinski definition) is 1. The quantitative estimate of drug-likeness (QED) is 0.189.